The number of carbonyl (C=O) groups excluding carboxylic acids is 2. The molecule has 4 heterocycles. The number of imidazole rings is 1. The SMILES string of the molecule is Cc1ccc(C(=O)Nc2ccc(-n3ccnc3)cc2)c(C2CCN(C(=O)C=Cc3ccc4c(c3)OCO4)CC2)n1. The number of piperidine rings is 1. The van der Waals surface area contributed by atoms with Crippen molar-refractivity contribution < 1.29 is 19.1 Å². The predicted molar refractivity (Wildman–Crippen MR) is 151 cm³/mol. The second kappa shape index (κ2) is 11.1. The van der Waals surface area contributed by atoms with Crippen molar-refractivity contribution in [2.24, 2.45) is 0 Å². The lowest BCUT2D eigenvalue weighted by Crippen LogP contribution is -2.37. The van der Waals surface area contributed by atoms with E-state index < -0.39 is 0 Å². The lowest BCUT2D eigenvalue weighted by Gasteiger charge is -2.32. The van der Waals surface area contributed by atoms with Gasteiger partial charge in [0.1, 0.15) is 0 Å². The van der Waals surface area contributed by atoms with E-state index in [-0.39, 0.29) is 24.5 Å². The van der Waals surface area contributed by atoms with Gasteiger partial charge in [0.15, 0.2) is 11.5 Å². The minimum absolute atomic E-state index is 0.0366. The Morgan fingerprint density at radius 3 is 2.58 bits per heavy atom. The summed E-state index contributed by atoms with van der Waals surface area (Å²) in [7, 11) is 0. The molecule has 1 fully saturated rings. The summed E-state index contributed by atoms with van der Waals surface area (Å²) in [6, 6.07) is 16.9. The van der Waals surface area contributed by atoms with Gasteiger partial charge in [-0.25, -0.2) is 4.98 Å². The van der Waals surface area contributed by atoms with E-state index in [0.29, 0.717) is 35.8 Å². The molecule has 4 aromatic rings. The molecule has 0 saturated carbocycles. The minimum atomic E-state index is -0.192. The molecule has 202 valence electrons. The number of hydrogen-bond acceptors (Lipinski definition) is 6. The van der Waals surface area contributed by atoms with E-state index >= 15 is 0 Å². The van der Waals surface area contributed by atoms with E-state index in [1.807, 2.05) is 77.2 Å². The normalized spacial score (nSPS) is 15.0. The number of benzene rings is 2. The van der Waals surface area contributed by atoms with E-state index in [0.717, 1.165) is 35.5 Å². The van der Waals surface area contributed by atoms with E-state index in [2.05, 4.69) is 10.3 Å². The zero-order valence-corrected chi connectivity index (χ0v) is 22.1. The van der Waals surface area contributed by atoms with Gasteiger partial charge in [-0.15, -0.1) is 0 Å². The molecule has 9 heteroatoms. The van der Waals surface area contributed by atoms with E-state index in [1.54, 1.807) is 24.7 Å². The Hall–Kier alpha value is -4.92. The van der Waals surface area contributed by atoms with Crippen LogP contribution in [0.5, 0.6) is 11.5 Å². The van der Waals surface area contributed by atoms with Gasteiger partial charge in [0.05, 0.1) is 17.6 Å². The number of anilines is 1. The van der Waals surface area contributed by atoms with Crippen molar-refractivity contribution in [1.82, 2.24) is 19.4 Å². The van der Waals surface area contributed by atoms with Crippen molar-refractivity contribution in [3.63, 3.8) is 0 Å². The topological polar surface area (TPSA) is 98.6 Å². The van der Waals surface area contributed by atoms with E-state index in [4.69, 9.17) is 14.5 Å². The summed E-state index contributed by atoms with van der Waals surface area (Å²) in [5, 5.41) is 3.01. The maximum absolute atomic E-state index is 13.3. The number of carbonyl (C=O) groups is 2. The first-order valence-corrected chi connectivity index (χ1v) is 13.3. The van der Waals surface area contributed by atoms with Crippen LogP contribution in [-0.2, 0) is 4.79 Å². The number of aryl methyl sites for hydroxylation is 1. The summed E-state index contributed by atoms with van der Waals surface area (Å²) in [6.07, 6.45) is 10.2. The van der Waals surface area contributed by atoms with Crippen LogP contribution < -0.4 is 14.8 Å². The summed E-state index contributed by atoms with van der Waals surface area (Å²) in [4.78, 5) is 36.9. The molecule has 2 aromatic carbocycles. The molecule has 9 nitrogen and oxygen atoms in total. The number of nitrogens with zero attached hydrogens (tertiary/aromatic N) is 4. The monoisotopic (exact) mass is 535 g/mol. The quantitative estimate of drug-likeness (QED) is 0.350. The summed E-state index contributed by atoms with van der Waals surface area (Å²) in [6.45, 7) is 3.35. The lowest BCUT2D eigenvalue weighted by molar-refractivity contribution is -0.127. The first-order valence-electron chi connectivity index (χ1n) is 13.3. The molecule has 0 aliphatic carbocycles. The molecule has 2 aliphatic rings. The minimum Gasteiger partial charge on any atom is -0.454 e. The summed E-state index contributed by atoms with van der Waals surface area (Å²) in [5.74, 6) is 1.26. The first-order chi connectivity index (χ1) is 19.5. The summed E-state index contributed by atoms with van der Waals surface area (Å²) < 4.78 is 12.7. The highest BCUT2D eigenvalue weighted by Gasteiger charge is 2.27. The van der Waals surface area contributed by atoms with Crippen LogP contribution in [0, 0.1) is 6.92 Å². The Bertz CT molecular complexity index is 1560. The molecule has 0 bridgehead atoms. The number of hydrogen-bond donors (Lipinski definition) is 1. The number of rotatable bonds is 6. The number of likely N-dealkylation sites (tertiary alicyclic amines) is 1. The van der Waals surface area contributed by atoms with Crippen molar-refractivity contribution in [2.45, 2.75) is 25.7 Å². The molecule has 0 atom stereocenters. The highest BCUT2D eigenvalue weighted by molar-refractivity contribution is 6.05. The van der Waals surface area contributed by atoms with Gasteiger partial charge in [0, 0.05) is 54.5 Å². The molecule has 1 saturated heterocycles. The fourth-order valence-corrected chi connectivity index (χ4v) is 5.07. The fraction of sp³-hybridized carbons (Fsp3) is 0.226. The second-order valence-electron chi connectivity index (χ2n) is 9.90. The lowest BCUT2D eigenvalue weighted by atomic mass is 9.89. The van der Waals surface area contributed by atoms with Crippen LogP contribution in [-0.4, -0.2) is 51.1 Å². The molecule has 2 aliphatic heterocycles. The third-order valence-electron chi connectivity index (χ3n) is 7.24. The van der Waals surface area contributed by atoms with Crippen LogP contribution in [0.15, 0.2) is 79.4 Å². The molecular weight excluding hydrogens is 506 g/mol. The molecule has 6 rings (SSSR count). The van der Waals surface area contributed by atoms with Gasteiger partial charge in [-0.2, -0.15) is 0 Å². The van der Waals surface area contributed by atoms with Crippen molar-refractivity contribution in [1.29, 1.82) is 0 Å². The molecule has 2 amide bonds. The Morgan fingerprint density at radius 1 is 1.00 bits per heavy atom. The second-order valence-corrected chi connectivity index (χ2v) is 9.90. The Kier molecular flexibility index (Phi) is 7.01. The summed E-state index contributed by atoms with van der Waals surface area (Å²) in [5.41, 5.74) is 4.76. The fourth-order valence-electron chi connectivity index (χ4n) is 5.07. The number of nitrogens with one attached hydrogen (secondary N) is 1. The van der Waals surface area contributed by atoms with Crippen LogP contribution >= 0.6 is 0 Å². The van der Waals surface area contributed by atoms with Crippen molar-refractivity contribution in [2.75, 3.05) is 25.2 Å². The van der Waals surface area contributed by atoms with Crippen LogP contribution in [0.1, 0.15) is 46.1 Å². The highest BCUT2D eigenvalue weighted by atomic mass is 16.7. The molecule has 2 aromatic heterocycles. The van der Waals surface area contributed by atoms with E-state index in [1.165, 1.54) is 0 Å². The zero-order chi connectivity index (χ0) is 27.5. The van der Waals surface area contributed by atoms with Gasteiger partial charge < -0.3 is 24.3 Å². The molecule has 0 spiro atoms. The van der Waals surface area contributed by atoms with Gasteiger partial charge in [0.2, 0.25) is 12.7 Å². The predicted octanol–water partition coefficient (Wildman–Crippen LogP) is 4.98. The summed E-state index contributed by atoms with van der Waals surface area (Å²) >= 11 is 0. The maximum Gasteiger partial charge on any atom is 0.257 e. The van der Waals surface area contributed by atoms with Crippen molar-refractivity contribution in [3.05, 3.63) is 102 Å². The smallest absolute Gasteiger partial charge is 0.257 e. The molecule has 0 radical (unpaired) electrons. The first kappa shape index (κ1) is 25.4. The maximum atomic E-state index is 13.3. The van der Waals surface area contributed by atoms with Gasteiger partial charge in [0.25, 0.3) is 5.91 Å². The van der Waals surface area contributed by atoms with Crippen LogP contribution in [0.3, 0.4) is 0 Å². The zero-order valence-electron chi connectivity index (χ0n) is 22.1. The third-order valence-corrected chi connectivity index (χ3v) is 7.24. The van der Waals surface area contributed by atoms with Gasteiger partial charge >= 0.3 is 0 Å². The molecule has 40 heavy (non-hydrogen) atoms. The van der Waals surface area contributed by atoms with Gasteiger partial charge in [-0.05, 0) is 79.9 Å². The Labute approximate surface area is 232 Å². The van der Waals surface area contributed by atoms with E-state index in [9.17, 15) is 9.59 Å². The number of pyridine rings is 1. The number of fused-ring (bicyclic) bond motifs is 1. The third kappa shape index (κ3) is 5.44. The van der Waals surface area contributed by atoms with Crippen LogP contribution in [0.4, 0.5) is 5.69 Å². The average molecular weight is 536 g/mol. The number of ether oxygens (including phenoxy) is 2. The van der Waals surface area contributed by atoms with Crippen LogP contribution in [0.2, 0.25) is 0 Å². The highest BCUT2D eigenvalue weighted by Crippen LogP contribution is 2.33. The standard InChI is InChI=1S/C31H29N5O4/c1-21-2-9-26(31(38)34-24-5-7-25(8-6-24)36-17-14-32-19-36)30(33-21)23-12-15-35(16-13-23)29(37)11-4-22-3-10-27-28(18-22)40-20-39-27/h2-11,14,17-19,23H,12-13,15-16,20H2,1H3,(H,34,38). The number of amides is 2. The van der Waals surface area contributed by atoms with Crippen LogP contribution in [0.25, 0.3) is 11.8 Å². The van der Waals surface area contributed by atoms with Gasteiger partial charge in [-0.1, -0.05) is 6.07 Å². The largest absolute Gasteiger partial charge is 0.454 e. The molecule has 0 unspecified atom stereocenters. The Balaban J connectivity index is 1.09. The molecular formula is C31H29N5O4. The van der Waals surface area contributed by atoms with Crippen molar-refractivity contribution >= 4 is 23.6 Å². The van der Waals surface area contributed by atoms with Gasteiger partial charge in [-0.3, -0.25) is 14.6 Å². The van der Waals surface area contributed by atoms with Crippen molar-refractivity contribution in [3.8, 4) is 17.2 Å². The Morgan fingerprint density at radius 2 is 1.80 bits per heavy atom. The molecule has 1 N–H and O–H groups in total. The number of aromatic nitrogens is 3. The average Bonchev–Trinajstić information content (AvgIpc) is 3.69.